The van der Waals surface area contributed by atoms with Crippen molar-refractivity contribution >= 4 is 17.6 Å². The number of hydrogen-bond donors (Lipinski definition) is 3. The lowest BCUT2D eigenvalue weighted by atomic mass is 10.1. The topological polar surface area (TPSA) is 73.5 Å². The molecule has 3 amide bonds. The van der Waals surface area contributed by atoms with E-state index in [1.54, 1.807) is 12.1 Å². The molecule has 0 heterocycles. The second-order valence-corrected chi connectivity index (χ2v) is 7.07. The van der Waals surface area contributed by atoms with E-state index in [9.17, 15) is 14.0 Å². The molecule has 0 bridgehead atoms. The average molecular weight is 400 g/mol. The Morgan fingerprint density at radius 3 is 2.03 bits per heavy atom. The standard InChI is InChI=1S/C22H29FN4O2/c1-4-5-20(26-22(29)25-15-16-6-10-18(23)11-7-16)21(28)24-14-17-8-12-19(13-9-17)27(2)3/h6-13,20H,4-5,14-15H2,1-3H3,(H,24,28)(H2,25,26,29). The Bertz CT molecular complexity index is 791. The quantitative estimate of drug-likeness (QED) is 0.605. The Kier molecular flexibility index (Phi) is 8.45. The Hall–Kier alpha value is -3.09. The van der Waals surface area contributed by atoms with E-state index in [1.165, 1.54) is 12.1 Å². The van der Waals surface area contributed by atoms with Gasteiger partial charge in [0.05, 0.1) is 0 Å². The van der Waals surface area contributed by atoms with E-state index < -0.39 is 12.1 Å². The number of urea groups is 1. The maximum absolute atomic E-state index is 12.9. The molecule has 1 atom stereocenters. The third-order valence-corrected chi connectivity index (χ3v) is 4.48. The van der Waals surface area contributed by atoms with Gasteiger partial charge in [-0.3, -0.25) is 4.79 Å². The molecule has 0 spiro atoms. The van der Waals surface area contributed by atoms with Crippen LogP contribution in [-0.2, 0) is 17.9 Å². The van der Waals surface area contributed by atoms with Crippen molar-refractivity contribution in [2.45, 2.75) is 38.9 Å². The SMILES string of the molecule is CCCC(NC(=O)NCc1ccc(F)cc1)C(=O)NCc1ccc(N(C)C)cc1. The second kappa shape index (κ2) is 11.0. The monoisotopic (exact) mass is 400 g/mol. The van der Waals surface area contributed by atoms with E-state index >= 15 is 0 Å². The number of carbonyl (C=O) groups excluding carboxylic acids is 2. The first-order chi connectivity index (χ1) is 13.9. The van der Waals surface area contributed by atoms with Crippen LogP contribution in [0.3, 0.4) is 0 Å². The van der Waals surface area contributed by atoms with Gasteiger partial charge in [0, 0.05) is 32.9 Å². The molecule has 0 aliphatic carbocycles. The highest BCUT2D eigenvalue weighted by molar-refractivity contribution is 5.86. The lowest BCUT2D eigenvalue weighted by Crippen LogP contribution is -2.49. The van der Waals surface area contributed by atoms with Gasteiger partial charge >= 0.3 is 6.03 Å². The summed E-state index contributed by atoms with van der Waals surface area (Å²) in [4.78, 5) is 26.7. The molecule has 0 aliphatic heterocycles. The van der Waals surface area contributed by atoms with Crippen molar-refractivity contribution in [1.29, 1.82) is 0 Å². The molecular formula is C22H29FN4O2. The zero-order chi connectivity index (χ0) is 21.2. The van der Waals surface area contributed by atoms with E-state index in [4.69, 9.17) is 0 Å². The summed E-state index contributed by atoms with van der Waals surface area (Å²) in [5, 5.41) is 8.29. The van der Waals surface area contributed by atoms with Crippen LogP contribution in [0.15, 0.2) is 48.5 Å². The molecule has 1 unspecified atom stereocenters. The van der Waals surface area contributed by atoms with E-state index in [0.717, 1.165) is 23.2 Å². The van der Waals surface area contributed by atoms with Crippen LogP contribution in [0.25, 0.3) is 0 Å². The second-order valence-electron chi connectivity index (χ2n) is 7.07. The number of nitrogens with zero attached hydrogens (tertiary/aromatic N) is 1. The number of benzene rings is 2. The van der Waals surface area contributed by atoms with Crippen molar-refractivity contribution in [3.05, 3.63) is 65.5 Å². The van der Waals surface area contributed by atoms with E-state index in [2.05, 4.69) is 16.0 Å². The van der Waals surface area contributed by atoms with Gasteiger partial charge in [-0.2, -0.15) is 0 Å². The summed E-state index contributed by atoms with van der Waals surface area (Å²) >= 11 is 0. The third kappa shape index (κ3) is 7.44. The number of nitrogens with one attached hydrogen (secondary N) is 3. The van der Waals surface area contributed by atoms with Gasteiger partial charge in [0.1, 0.15) is 11.9 Å². The average Bonchev–Trinajstić information content (AvgIpc) is 2.71. The number of rotatable bonds is 9. The molecule has 3 N–H and O–H groups in total. The van der Waals surface area contributed by atoms with Gasteiger partial charge in [-0.1, -0.05) is 37.6 Å². The van der Waals surface area contributed by atoms with Gasteiger partial charge in [-0.15, -0.1) is 0 Å². The van der Waals surface area contributed by atoms with Crippen LogP contribution in [0, 0.1) is 5.82 Å². The van der Waals surface area contributed by atoms with Gasteiger partial charge in [-0.25, -0.2) is 9.18 Å². The smallest absolute Gasteiger partial charge is 0.315 e. The molecule has 156 valence electrons. The van der Waals surface area contributed by atoms with Crippen molar-refractivity contribution in [3.63, 3.8) is 0 Å². The minimum absolute atomic E-state index is 0.222. The first kappa shape index (κ1) is 22.2. The largest absolute Gasteiger partial charge is 0.378 e. The minimum Gasteiger partial charge on any atom is -0.378 e. The van der Waals surface area contributed by atoms with Gasteiger partial charge in [0.15, 0.2) is 0 Å². The van der Waals surface area contributed by atoms with Crippen molar-refractivity contribution in [2.75, 3.05) is 19.0 Å². The van der Waals surface area contributed by atoms with Gasteiger partial charge in [-0.05, 0) is 41.8 Å². The van der Waals surface area contributed by atoms with E-state index in [-0.39, 0.29) is 18.3 Å². The summed E-state index contributed by atoms with van der Waals surface area (Å²) in [5.74, 6) is -0.547. The van der Waals surface area contributed by atoms with Gasteiger partial charge in [0.25, 0.3) is 0 Å². The molecule has 2 aromatic rings. The van der Waals surface area contributed by atoms with Crippen LogP contribution < -0.4 is 20.9 Å². The van der Waals surface area contributed by atoms with Crippen LogP contribution in [-0.4, -0.2) is 32.1 Å². The lowest BCUT2D eigenvalue weighted by molar-refractivity contribution is -0.123. The fourth-order valence-corrected chi connectivity index (χ4v) is 2.78. The predicted octanol–water partition coefficient (Wildman–Crippen LogP) is 3.18. The highest BCUT2D eigenvalue weighted by atomic mass is 19.1. The highest BCUT2D eigenvalue weighted by Crippen LogP contribution is 2.12. The summed E-state index contributed by atoms with van der Waals surface area (Å²) < 4.78 is 12.9. The highest BCUT2D eigenvalue weighted by Gasteiger charge is 2.19. The van der Waals surface area contributed by atoms with Crippen LogP contribution in [0.4, 0.5) is 14.9 Å². The normalized spacial score (nSPS) is 11.4. The molecule has 0 aliphatic rings. The number of anilines is 1. The molecule has 0 saturated carbocycles. The maximum Gasteiger partial charge on any atom is 0.315 e. The summed E-state index contributed by atoms with van der Waals surface area (Å²) in [7, 11) is 3.94. The zero-order valence-corrected chi connectivity index (χ0v) is 17.2. The van der Waals surface area contributed by atoms with Crippen LogP contribution >= 0.6 is 0 Å². The third-order valence-electron chi connectivity index (χ3n) is 4.48. The number of amides is 3. The van der Waals surface area contributed by atoms with Crippen LogP contribution in [0.1, 0.15) is 30.9 Å². The first-order valence-electron chi connectivity index (χ1n) is 9.71. The van der Waals surface area contributed by atoms with E-state index in [0.29, 0.717) is 13.0 Å². The molecule has 2 rings (SSSR count). The predicted molar refractivity (Wildman–Crippen MR) is 113 cm³/mol. The fraction of sp³-hybridized carbons (Fsp3) is 0.364. The number of carbonyl (C=O) groups is 2. The molecule has 0 radical (unpaired) electrons. The Labute approximate surface area is 171 Å². The van der Waals surface area contributed by atoms with Gasteiger partial charge < -0.3 is 20.9 Å². The first-order valence-corrected chi connectivity index (χ1v) is 9.71. The lowest BCUT2D eigenvalue weighted by Gasteiger charge is -2.19. The molecule has 0 saturated heterocycles. The number of halogens is 1. The molecule has 0 aromatic heterocycles. The fourth-order valence-electron chi connectivity index (χ4n) is 2.78. The minimum atomic E-state index is -0.616. The van der Waals surface area contributed by atoms with Crippen molar-refractivity contribution in [1.82, 2.24) is 16.0 Å². The van der Waals surface area contributed by atoms with E-state index in [1.807, 2.05) is 50.2 Å². The zero-order valence-electron chi connectivity index (χ0n) is 17.2. The summed E-state index contributed by atoms with van der Waals surface area (Å²) in [6.07, 6.45) is 1.29. The summed E-state index contributed by atoms with van der Waals surface area (Å²) in [6.45, 7) is 2.61. The Balaban J connectivity index is 1.84. The molecular weight excluding hydrogens is 371 g/mol. The van der Waals surface area contributed by atoms with Crippen LogP contribution in [0.5, 0.6) is 0 Å². The molecule has 6 nitrogen and oxygen atoms in total. The van der Waals surface area contributed by atoms with Crippen molar-refractivity contribution in [3.8, 4) is 0 Å². The molecule has 2 aromatic carbocycles. The molecule has 29 heavy (non-hydrogen) atoms. The Morgan fingerprint density at radius 2 is 1.48 bits per heavy atom. The van der Waals surface area contributed by atoms with Crippen LogP contribution in [0.2, 0.25) is 0 Å². The number of hydrogen-bond acceptors (Lipinski definition) is 3. The Morgan fingerprint density at radius 1 is 0.931 bits per heavy atom. The molecule has 7 heteroatoms. The maximum atomic E-state index is 12.9. The summed E-state index contributed by atoms with van der Waals surface area (Å²) in [5.41, 5.74) is 2.85. The van der Waals surface area contributed by atoms with Crippen molar-refractivity contribution < 1.29 is 14.0 Å². The molecule has 0 fully saturated rings. The summed E-state index contributed by atoms with van der Waals surface area (Å²) in [6, 6.07) is 12.8. The van der Waals surface area contributed by atoms with Crippen molar-refractivity contribution in [2.24, 2.45) is 0 Å². The van der Waals surface area contributed by atoms with Gasteiger partial charge in [0.2, 0.25) is 5.91 Å².